The summed E-state index contributed by atoms with van der Waals surface area (Å²) in [6.07, 6.45) is 1.05. The van der Waals surface area contributed by atoms with Crippen LogP contribution in [0.3, 0.4) is 0 Å². The Morgan fingerprint density at radius 1 is 1.28 bits per heavy atom. The van der Waals surface area contributed by atoms with Crippen LogP contribution in [0.5, 0.6) is 0 Å². The maximum atomic E-state index is 13.2. The standard InChI is InChI=1S/C15H15FO2/c1-3-11-6-10(8-15(17)18-2)7-12-4-5-13(16)9-14(11)12/h4-7,9H,3,8H2,1-2H3. The lowest BCUT2D eigenvalue weighted by Crippen LogP contribution is -2.05. The third-order valence-corrected chi connectivity index (χ3v) is 3.02. The number of ether oxygens (including phenoxy) is 1. The second-order valence-electron chi connectivity index (χ2n) is 4.23. The van der Waals surface area contributed by atoms with Gasteiger partial charge in [-0.2, -0.15) is 0 Å². The van der Waals surface area contributed by atoms with E-state index in [-0.39, 0.29) is 18.2 Å². The van der Waals surface area contributed by atoms with Crippen LogP contribution in [0.2, 0.25) is 0 Å². The molecule has 2 aromatic carbocycles. The first-order chi connectivity index (χ1) is 8.63. The third kappa shape index (κ3) is 2.50. The molecule has 0 saturated heterocycles. The van der Waals surface area contributed by atoms with Gasteiger partial charge < -0.3 is 4.74 Å². The Labute approximate surface area is 105 Å². The molecule has 94 valence electrons. The van der Waals surface area contributed by atoms with Crippen LogP contribution >= 0.6 is 0 Å². The molecule has 0 unspecified atom stereocenters. The van der Waals surface area contributed by atoms with Gasteiger partial charge in [-0.15, -0.1) is 0 Å². The zero-order valence-corrected chi connectivity index (χ0v) is 10.5. The van der Waals surface area contributed by atoms with E-state index in [0.29, 0.717) is 0 Å². The van der Waals surface area contributed by atoms with Gasteiger partial charge in [0.05, 0.1) is 13.5 Å². The Kier molecular flexibility index (Phi) is 3.60. The molecule has 18 heavy (non-hydrogen) atoms. The molecule has 0 aliphatic heterocycles. The Bertz CT molecular complexity index is 590. The van der Waals surface area contributed by atoms with Crippen molar-refractivity contribution in [1.82, 2.24) is 0 Å². The molecule has 3 heteroatoms. The highest BCUT2D eigenvalue weighted by Crippen LogP contribution is 2.23. The Balaban J connectivity index is 2.52. The maximum Gasteiger partial charge on any atom is 0.309 e. The zero-order valence-electron chi connectivity index (χ0n) is 10.5. The third-order valence-electron chi connectivity index (χ3n) is 3.02. The predicted molar refractivity (Wildman–Crippen MR) is 69.0 cm³/mol. The highest BCUT2D eigenvalue weighted by atomic mass is 19.1. The second-order valence-corrected chi connectivity index (χ2v) is 4.23. The fraction of sp³-hybridized carbons (Fsp3) is 0.267. The van der Waals surface area contributed by atoms with Crippen LogP contribution in [-0.4, -0.2) is 13.1 Å². The quantitative estimate of drug-likeness (QED) is 0.777. The van der Waals surface area contributed by atoms with E-state index < -0.39 is 0 Å². The first-order valence-corrected chi connectivity index (χ1v) is 5.92. The van der Waals surface area contributed by atoms with Gasteiger partial charge in [0.1, 0.15) is 5.82 Å². The molecule has 0 amide bonds. The molecule has 0 saturated carbocycles. The summed E-state index contributed by atoms with van der Waals surface area (Å²) in [7, 11) is 1.37. The van der Waals surface area contributed by atoms with Gasteiger partial charge in [0.15, 0.2) is 0 Å². The van der Waals surface area contributed by atoms with E-state index in [0.717, 1.165) is 28.3 Å². The van der Waals surface area contributed by atoms with E-state index in [1.54, 1.807) is 6.07 Å². The fourth-order valence-corrected chi connectivity index (χ4v) is 2.11. The van der Waals surface area contributed by atoms with Crippen molar-refractivity contribution in [2.45, 2.75) is 19.8 Å². The van der Waals surface area contributed by atoms with Crippen LogP contribution in [0.25, 0.3) is 10.8 Å². The summed E-state index contributed by atoms with van der Waals surface area (Å²) in [6.45, 7) is 2.02. The lowest BCUT2D eigenvalue weighted by atomic mass is 9.98. The van der Waals surface area contributed by atoms with Gasteiger partial charge in [0, 0.05) is 0 Å². The first kappa shape index (κ1) is 12.6. The highest BCUT2D eigenvalue weighted by molar-refractivity contribution is 5.87. The largest absolute Gasteiger partial charge is 0.469 e. The van der Waals surface area contributed by atoms with E-state index in [9.17, 15) is 9.18 Å². The van der Waals surface area contributed by atoms with Gasteiger partial charge in [-0.25, -0.2) is 4.39 Å². The predicted octanol–water partition coefficient (Wildman–Crippen LogP) is 3.26. The number of fused-ring (bicyclic) bond motifs is 1. The number of carbonyl (C=O) groups is 1. The van der Waals surface area contributed by atoms with Gasteiger partial charge in [-0.1, -0.05) is 25.1 Å². The van der Waals surface area contributed by atoms with Crippen LogP contribution in [0.15, 0.2) is 30.3 Å². The zero-order chi connectivity index (χ0) is 13.1. The van der Waals surface area contributed by atoms with Crippen molar-refractivity contribution in [1.29, 1.82) is 0 Å². The molecular formula is C15H15FO2. The van der Waals surface area contributed by atoms with Crippen LogP contribution in [-0.2, 0) is 22.4 Å². The lowest BCUT2D eigenvalue weighted by molar-refractivity contribution is -0.139. The van der Waals surface area contributed by atoms with Crippen molar-refractivity contribution in [3.05, 3.63) is 47.3 Å². The maximum absolute atomic E-state index is 13.2. The van der Waals surface area contributed by atoms with E-state index in [1.807, 2.05) is 19.1 Å². The van der Waals surface area contributed by atoms with Crippen LogP contribution in [0.1, 0.15) is 18.1 Å². The van der Waals surface area contributed by atoms with Crippen LogP contribution in [0, 0.1) is 5.82 Å². The average Bonchev–Trinajstić information content (AvgIpc) is 2.38. The van der Waals surface area contributed by atoms with E-state index >= 15 is 0 Å². The lowest BCUT2D eigenvalue weighted by Gasteiger charge is -2.08. The molecule has 0 aromatic heterocycles. The van der Waals surface area contributed by atoms with Crippen molar-refractivity contribution in [2.24, 2.45) is 0 Å². The second kappa shape index (κ2) is 5.17. The average molecular weight is 246 g/mol. The molecule has 0 atom stereocenters. The van der Waals surface area contributed by atoms with E-state index in [4.69, 9.17) is 0 Å². The molecule has 0 aliphatic carbocycles. The highest BCUT2D eigenvalue weighted by Gasteiger charge is 2.08. The van der Waals surface area contributed by atoms with Gasteiger partial charge in [0.2, 0.25) is 0 Å². The van der Waals surface area contributed by atoms with Gasteiger partial charge in [-0.05, 0) is 40.5 Å². The molecule has 2 aromatic rings. The Morgan fingerprint density at radius 2 is 2.06 bits per heavy atom. The normalized spacial score (nSPS) is 10.6. The Morgan fingerprint density at radius 3 is 2.72 bits per heavy atom. The van der Waals surface area contributed by atoms with Crippen molar-refractivity contribution < 1.29 is 13.9 Å². The van der Waals surface area contributed by atoms with Gasteiger partial charge in [-0.3, -0.25) is 4.79 Å². The minimum atomic E-state index is -0.265. The number of rotatable bonds is 3. The molecule has 0 heterocycles. The molecule has 0 aliphatic rings. The number of aryl methyl sites for hydroxylation is 1. The van der Waals surface area contributed by atoms with E-state index in [1.165, 1.54) is 19.2 Å². The van der Waals surface area contributed by atoms with Crippen molar-refractivity contribution >= 4 is 16.7 Å². The number of carbonyl (C=O) groups excluding carboxylic acids is 1. The summed E-state index contributed by atoms with van der Waals surface area (Å²) < 4.78 is 17.9. The molecule has 2 rings (SSSR count). The molecule has 2 nitrogen and oxygen atoms in total. The van der Waals surface area contributed by atoms with Gasteiger partial charge in [0.25, 0.3) is 0 Å². The number of hydrogen-bond acceptors (Lipinski definition) is 2. The summed E-state index contributed by atoms with van der Waals surface area (Å²) in [4.78, 5) is 11.3. The smallest absolute Gasteiger partial charge is 0.309 e. The molecule has 0 spiro atoms. The van der Waals surface area contributed by atoms with Crippen LogP contribution < -0.4 is 0 Å². The molecular weight excluding hydrogens is 231 g/mol. The summed E-state index contributed by atoms with van der Waals surface area (Å²) >= 11 is 0. The number of halogens is 1. The monoisotopic (exact) mass is 246 g/mol. The SMILES string of the molecule is CCc1cc(CC(=O)OC)cc2ccc(F)cc12. The summed E-state index contributed by atoms with van der Waals surface area (Å²) in [5, 5.41) is 1.86. The minimum Gasteiger partial charge on any atom is -0.469 e. The number of methoxy groups -OCH3 is 1. The number of esters is 1. The molecule has 0 bridgehead atoms. The number of hydrogen-bond donors (Lipinski definition) is 0. The van der Waals surface area contributed by atoms with Crippen LogP contribution in [0.4, 0.5) is 4.39 Å². The number of benzene rings is 2. The molecule has 0 radical (unpaired) electrons. The molecule has 0 fully saturated rings. The fourth-order valence-electron chi connectivity index (χ4n) is 2.11. The topological polar surface area (TPSA) is 26.3 Å². The van der Waals surface area contributed by atoms with E-state index in [2.05, 4.69) is 4.74 Å². The summed E-state index contributed by atoms with van der Waals surface area (Å²) in [5.41, 5.74) is 1.95. The van der Waals surface area contributed by atoms with Crippen molar-refractivity contribution in [2.75, 3.05) is 7.11 Å². The minimum absolute atomic E-state index is 0.238. The Hall–Kier alpha value is -1.90. The first-order valence-electron chi connectivity index (χ1n) is 5.92. The van der Waals surface area contributed by atoms with Gasteiger partial charge >= 0.3 is 5.97 Å². The van der Waals surface area contributed by atoms with Crippen molar-refractivity contribution in [3.8, 4) is 0 Å². The summed E-state index contributed by atoms with van der Waals surface area (Å²) in [6, 6.07) is 8.56. The molecule has 0 N–H and O–H groups in total. The summed E-state index contributed by atoms with van der Waals surface area (Å²) in [5.74, 6) is -0.503. The van der Waals surface area contributed by atoms with Crippen molar-refractivity contribution in [3.63, 3.8) is 0 Å².